The summed E-state index contributed by atoms with van der Waals surface area (Å²) in [5.74, 6) is 2.77. The van der Waals surface area contributed by atoms with Crippen molar-refractivity contribution in [2.45, 2.75) is 0 Å². The minimum atomic E-state index is -1.29. The molecule has 0 saturated carbocycles. The van der Waals surface area contributed by atoms with Crippen molar-refractivity contribution in [3.05, 3.63) is 39.9 Å². The molecule has 1 rings (SSSR count). The van der Waals surface area contributed by atoms with Crippen LogP contribution in [0, 0.1) is 21.7 Å². The van der Waals surface area contributed by atoms with Crippen LogP contribution >= 0.6 is 0 Å². The van der Waals surface area contributed by atoms with Crippen LogP contribution in [0.5, 0.6) is 0 Å². The predicted molar refractivity (Wildman–Crippen MR) is 41.1 cm³/mol. The van der Waals surface area contributed by atoms with Crippen molar-refractivity contribution >= 4 is 5.69 Å². The second-order valence-corrected chi connectivity index (χ2v) is 2.20. The molecule has 0 amide bonds. The van der Waals surface area contributed by atoms with Crippen LogP contribution in [-0.4, -0.2) is 5.09 Å². The number of nitrogens with zero attached hydrogens (tertiary/aromatic N) is 2. The standard InChI is InChI=1S/C6H5F2N3O3/c7-4-2-1-3-5(8)6(4)10(9)14-11(12)13/h1-3H,9H2. The summed E-state index contributed by atoms with van der Waals surface area (Å²) in [7, 11) is 0. The van der Waals surface area contributed by atoms with Crippen molar-refractivity contribution < 1.29 is 18.8 Å². The van der Waals surface area contributed by atoms with E-state index >= 15 is 0 Å². The topological polar surface area (TPSA) is 81.6 Å². The molecule has 0 atom stereocenters. The molecule has 0 saturated heterocycles. The number of hydrazine groups is 1. The van der Waals surface area contributed by atoms with E-state index in [4.69, 9.17) is 5.84 Å². The Labute approximate surface area is 76.5 Å². The molecule has 0 aromatic heterocycles. The third-order valence-electron chi connectivity index (χ3n) is 1.31. The minimum Gasteiger partial charge on any atom is -0.222 e. The van der Waals surface area contributed by atoms with Gasteiger partial charge in [0.15, 0.2) is 17.3 Å². The van der Waals surface area contributed by atoms with E-state index in [1.54, 1.807) is 0 Å². The molecule has 0 spiro atoms. The third kappa shape index (κ3) is 2.04. The van der Waals surface area contributed by atoms with Crippen LogP contribution in [-0.2, 0) is 4.94 Å². The molecule has 2 N–H and O–H groups in total. The summed E-state index contributed by atoms with van der Waals surface area (Å²) in [6.45, 7) is 0. The number of hydrogen-bond acceptors (Lipinski definition) is 5. The lowest BCUT2D eigenvalue weighted by molar-refractivity contribution is -0.762. The van der Waals surface area contributed by atoms with Gasteiger partial charge >= 0.3 is 5.09 Å². The average molecular weight is 205 g/mol. The molecule has 1 aromatic rings. The molecule has 0 aliphatic carbocycles. The fraction of sp³-hybridized carbons (Fsp3) is 0. The van der Waals surface area contributed by atoms with E-state index in [0.29, 0.717) is 0 Å². The summed E-state index contributed by atoms with van der Waals surface area (Å²) in [5.41, 5.74) is -0.829. The van der Waals surface area contributed by atoms with Crippen molar-refractivity contribution in [1.82, 2.24) is 0 Å². The summed E-state index contributed by atoms with van der Waals surface area (Å²) in [4.78, 5) is 13.5. The van der Waals surface area contributed by atoms with E-state index < -0.39 is 22.4 Å². The molecule has 0 unspecified atom stereocenters. The molecule has 6 nitrogen and oxygen atoms in total. The molecule has 0 bridgehead atoms. The van der Waals surface area contributed by atoms with E-state index in [0.717, 1.165) is 18.2 Å². The van der Waals surface area contributed by atoms with Crippen molar-refractivity contribution in [2.75, 3.05) is 5.17 Å². The van der Waals surface area contributed by atoms with Crippen molar-refractivity contribution in [3.63, 3.8) is 0 Å². The molecule has 0 heterocycles. The number of hydrogen-bond donors (Lipinski definition) is 1. The molecular formula is C6H5F2N3O3. The Hall–Kier alpha value is -1.96. The monoisotopic (exact) mass is 205 g/mol. The fourth-order valence-corrected chi connectivity index (χ4v) is 0.812. The molecule has 0 radical (unpaired) electrons. The van der Waals surface area contributed by atoms with Gasteiger partial charge in [-0.2, -0.15) is 4.94 Å². The zero-order valence-electron chi connectivity index (χ0n) is 6.68. The highest BCUT2D eigenvalue weighted by Gasteiger charge is 2.16. The molecule has 14 heavy (non-hydrogen) atoms. The van der Waals surface area contributed by atoms with Gasteiger partial charge in [-0.15, -0.1) is 15.3 Å². The molecule has 1 aromatic carbocycles. The first kappa shape index (κ1) is 10.1. The van der Waals surface area contributed by atoms with Gasteiger partial charge in [-0.3, -0.25) is 0 Å². The van der Waals surface area contributed by atoms with Gasteiger partial charge in [0.2, 0.25) is 0 Å². The van der Waals surface area contributed by atoms with Gasteiger partial charge in [-0.25, -0.2) is 14.6 Å². The molecule has 0 aliphatic heterocycles. The first-order chi connectivity index (χ1) is 6.52. The normalized spacial score (nSPS) is 9.64. The van der Waals surface area contributed by atoms with Crippen LogP contribution in [0.1, 0.15) is 0 Å². The van der Waals surface area contributed by atoms with Gasteiger partial charge < -0.3 is 0 Å². The highest BCUT2D eigenvalue weighted by Crippen LogP contribution is 2.20. The van der Waals surface area contributed by atoms with Crippen LogP contribution in [0.15, 0.2) is 18.2 Å². The summed E-state index contributed by atoms with van der Waals surface area (Å²) in [6.07, 6.45) is 0. The van der Waals surface area contributed by atoms with Crippen LogP contribution in [0.4, 0.5) is 14.5 Å². The highest BCUT2D eigenvalue weighted by atomic mass is 19.1. The first-order valence-electron chi connectivity index (χ1n) is 3.33. The van der Waals surface area contributed by atoms with E-state index in [-0.39, 0.29) is 5.17 Å². The number of halogens is 2. The highest BCUT2D eigenvalue weighted by molar-refractivity contribution is 5.45. The van der Waals surface area contributed by atoms with Crippen molar-refractivity contribution in [3.8, 4) is 0 Å². The zero-order valence-corrected chi connectivity index (χ0v) is 6.68. The second kappa shape index (κ2) is 3.83. The maximum absolute atomic E-state index is 12.9. The number of anilines is 1. The number of benzene rings is 1. The summed E-state index contributed by atoms with van der Waals surface area (Å²) < 4.78 is 25.8. The van der Waals surface area contributed by atoms with Gasteiger partial charge in [0, 0.05) is 0 Å². The summed E-state index contributed by atoms with van der Waals surface area (Å²) >= 11 is 0. The quantitative estimate of drug-likeness (QED) is 0.447. The lowest BCUT2D eigenvalue weighted by atomic mass is 10.3. The van der Waals surface area contributed by atoms with Gasteiger partial charge in [0.05, 0.1) is 0 Å². The Morgan fingerprint density at radius 3 is 2.36 bits per heavy atom. The Bertz CT molecular complexity index is 340. The molecular weight excluding hydrogens is 200 g/mol. The molecule has 0 fully saturated rings. The SMILES string of the molecule is NN(O[N+](=O)[O-])c1c(F)cccc1F. The van der Waals surface area contributed by atoms with E-state index in [1.165, 1.54) is 0 Å². The maximum atomic E-state index is 12.9. The van der Waals surface area contributed by atoms with Crippen LogP contribution in [0.2, 0.25) is 0 Å². The maximum Gasteiger partial charge on any atom is 0.318 e. The molecule has 8 heteroatoms. The van der Waals surface area contributed by atoms with Gasteiger partial charge in [-0.05, 0) is 12.1 Å². The number of para-hydroxylation sites is 1. The van der Waals surface area contributed by atoms with E-state index in [1.807, 2.05) is 0 Å². The Morgan fingerprint density at radius 2 is 1.93 bits per heavy atom. The average Bonchev–Trinajstić information content (AvgIpc) is 2.01. The molecule has 76 valence electrons. The predicted octanol–water partition coefficient (Wildman–Crippen LogP) is 0.768. The van der Waals surface area contributed by atoms with Crippen molar-refractivity contribution in [2.24, 2.45) is 5.84 Å². The van der Waals surface area contributed by atoms with Crippen molar-refractivity contribution in [1.29, 1.82) is 0 Å². The van der Waals surface area contributed by atoms with Gasteiger partial charge in [-0.1, -0.05) is 6.07 Å². The first-order valence-corrected chi connectivity index (χ1v) is 3.33. The Kier molecular flexibility index (Phi) is 2.77. The van der Waals surface area contributed by atoms with E-state index in [2.05, 4.69) is 4.94 Å². The fourth-order valence-electron chi connectivity index (χ4n) is 0.812. The largest absolute Gasteiger partial charge is 0.318 e. The minimum absolute atomic E-state index is 0.0926. The number of nitrogens with two attached hydrogens (primary N) is 1. The Balaban J connectivity index is 2.99. The summed E-state index contributed by atoms with van der Waals surface area (Å²) in [5, 5.41) is 8.44. The number of rotatable bonds is 3. The van der Waals surface area contributed by atoms with E-state index in [9.17, 15) is 18.9 Å². The Morgan fingerprint density at radius 1 is 1.43 bits per heavy atom. The molecule has 0 aliphatic rings. The second-order valence-electron chi connectivity index (χ2n) is 2.20. The van der Waals surface area contributed by atoms with Crippen LogP contribution in [0.25, 0.3) is 0 Å². The van der Waals surface area contributed by atoms with Gasteiger partial charge in [0.25, 0.3) is 0 Å². The summed E-state index contributed by atoms with van der Waals surface area (Å²) in [6, 6.07) is 2.87. The smallest absolute Gasteiger partial charge is 0.222 e. The van der Waals surface area contributed by atoms with Crippen LogP contribution < -0.4 is 11.0 Å². The van der Waals surface area contributed by atoms with Gasteiger partial charge in [0.1, 0.15) is 0 Å². The third-order valence-corrected chi connectivity index (χ3v) is 1.31. The lowest BCUT2D eigenvalue weighted by Gasteiger charge is -2.14. The lowest BCUT2D eigenvalue weighted by Crippen LogP contribution is -2.34. The zero-order chi connectivity index (χ0) is 10.7. The van der Waals surface area contributed by atoms with Crippen LogP contribution in [0.3, 0.4) is 0 Å².